The minimum atomic E-state index is -0.488. The number of benzene rings is 2. The van der Waals surface area contributed by atoms with Crippen molar-refractivity contribution in [3.8, 4) is 11.4 Å². The van der Waals surface area contributed by atoms with Crippen LogP contribution in [0, 0.1) is 0 Å². The largest absolute Gasteiger partial charge is 0.335 e. The van der Waals surface area contributed by atoms with E-state index in [0.29, 0.717) is 39.6 Å². The van der Waals surface area contributed by atoms with Crippen molar-refractivity contribution in [2.45, 2.75) is 29.7 Å². The molecule has 160 valence electrons. The molecule has 31 heavy (non-hydrogen) atoms. The van der Waals surface area contributed by atoms with Crippen molar-refractivity contribution in [2.24, 2.45) is 0 Å². The van der Waals surface area contributed by atoms with Crippen LogP contribution in [-0.2, 0) is 4.79 Å². The average molecular weight is 476 g/mol. The molecule has 0 aliphatic carbocycles. The molecule has 0 saturated carbocycles. The maximum atomic E-state index is 13.2. The van der Waals surface area contributed by atoms with Crippen molar-refractivity contribution in [3.05, 3.63) is 64.1 Å². The third-order valence-electron chi connectivity index (χ3n) is 4.97. The fraction of sp³-hybridized carbons (Fsp3) is 0.238. The van der Waals surface area contributed by atoms with Crippen LogP contribution in [0.3, 0.4) is 0 Å². The van der Waals surface area contributed by atoms with Crippen molar-refractivity contribution in [3.63, 3.8) is 0 Å². The molecule has 1 aliphatic rings. The summed E-state index contributed by atoms with van der Waals surface area (Å²) in [5.41, 5.74) is 1.15. The summed E-state index contributed by atoms with van der Waals surface area (Å²) in [6.45, 7) is 0.375. The van der Waals surface area contributed by atoms with Crippen LogP contribution in [0.15, 0.2) is 53.7 Å². The summed E-state index contributed by atoms with van der Waals surface area (Å²) < 4.78 is 1.35. The number of carbonyl (C=O) groups excluding carboxylic acids is 2. The molecule has 1 unspecified atom stereocenters. The van der Waals surface area contributed by atoms with Gasteiger partial charge in [-0.05, 0) is 49.2 Å². The fourth-order valence-corrected chi connectivity index (χ4v) is 4.75. The smallest absolute Gasteiger partial charge is 0.260 e. The molecule has 0 bridgehead atoms. The molecule has 2 N–H and O–H groups in total. The van der Waals surface area contributed by atoms with Crippen molar-refractivity contribution in [1.29, 1.82) is 0 Å². The number of rotatable bonds is 4. The summed E-state index contributed by atoms with van der Waals surface area (Å²) >= 11 is 13.2. The number of imide groups is 1. The van der Waals surface area contributed by atoms with Crippen LogP contribution in [0.2, 0.25) is 10.0 Å². The zero-order chi connectivity index (χ0) is 22.0. The monoisotopic (exact) mass is 475 g/mol. The van der Waals surface area contributed by atoms with Gasteiger partial charge < -0.3 is 5.84 Å². The Labute approximate surface area is 193 Å². The quantitative estimate of drug-likeness (QED) is 0.446. The number of amides is 2. The minimum Gasteiger partial charge on any atom is -0.335 e. The highest BCUT2D eigenvalue weighted by Crippen LogP contribution is 2.31. The molecular formula is C21H19Cl2N5O2S. The molecule has 1 aliphatic heterocycles. The van der Waals surface area contributed by atoms with Gasteiger partial charge in [0.25, 0.3) is 5.91 Å². The second-order valence-corrected chi connectivity index (χ2v) is 9.13. The highest BCUT2D eigenvalue weighted by atomic mass is 35.5. The molecule has 3 aromatic rings. The Bertz CT molecular complexity index is 1120. The molecule has 0 radical (unpaired) electrons. The Balaban J connectivity index is 1.55. The fourth-order valence-electron chi connectivity index (χ4n) is 3.38. The number of nitrogens with two attached hydrogens (primary N) is 1. The van der Waals surface area contributed by atoms with E-state index in [0.717, 1.165) is 18.4 Å². The maximum Gasteiger partial charge on any atom is 0.260 e. The van der Waals surface area contributed by atoms with Gasteiger partial charge in [-0.15, -0.1) is 10.2 Å². The molecular weight excluding hydrogens is 457 g/mol. The topological polar surface area (TPSA) is 94.1 Å². The number of likely N-dealkylation sites (tertiary alicyclic amines) is 1. The second-order valence-electron chi connectivity index (χ2n) is 7.09. The van der Waals surface area contributed by atoms with Gasteiger partial charge >= 0.3 is 0 Å². The third kappa shape index (κ3) is 4.71. The van der Waals surface area contributed by atoms with Crippen molar-refractivity contribution in [2.75, 3.05) is 12.4 Å². The number of nitrogen functional groups attached to an aromatic ring is 1. The Morgan fingerprint density at radius 1 is 1.06 bits per heavy atom. The molecule has 1 fully saturated rings. The number of carbonyl (C=O) groups is 2. The molecule has 1 saturated heterocycles. The van der Waals surface area contributed by atoms with E-state index in [1.54, 1.807) is 42.5 Å². The number of hydrogen-bond donors (Lipinski definition) is 1. The third-order valence-corrected chi connectivity index (χ3v) is 6.67. The highest BCUT2D eigenvalue weighted by Gasteiger charge is 2.33. The van der Waals surface area contributed by atoms with Crippen molar-refractivity contribution >= 4 is 46.8 Å². The molecule has 1 atom stereocenters. The zero-order valence-electron chi connectivity index (χ0n) is 16.4. The molecule has 4 rings (SSSR count). The Kier molecular flexibility index (Phi) is 6.50. The van der Waals surface area contributed by atoms with Crippen molar-refractivity contribution < 1.29 is 9.59 Å². The molecule has 2 heterocycles. The molecule has 7 nitrogen and oxygen atoms in total. The first kappa shape index (κ1) is 21.7. The molecule has 2 aromatic carbocycles. The SMILES string of the molecule is Nn1c(SC2CCCCN(C(=O)c3ccc(Cl)cc3)C2=O)nnc1-c1cccc(Cl)c1. The van der Waals surface area contributed by atoms with Crippen LogP contribution < -0.4 is 5.84 Å². The van der Waals surface area contributed by atoms with E-state index in [9.17, 15) is 9.59 Å². The van der Waals surface area contributed by atoms with E-state index in [1.165, 1.54) is 21.3 Å². The molecule has 10 heteroatoms. The van der Waals surface area contributed by atoms with Gasteiger partial charge in [0.05, 0.1) is 5.25 Å². The van der Waals surface area contributed by atoms with Crippen LogP contribution in [0.25, 0.3) is 11.4 Å². The lowest BCUT2D eigenvalue weighted by Crippen LogP contribution is -2.41. The lowest BCUT2D eigenvalue weighted by Gasteiger charge is -2.22. The predicted octanol–water partition coefficient (Wildman–Crippen LogP) is 4.28. The van der Waals surface area contributed by atoms with E-state index < -0.39 is 5.25 Å². The Morgan fingerprint density at radius 3 is 2.58 bits per heavy atom. The number of halogens is 2. The lowest BCUT2D eigenvalue weighted by molar-refractivity contribution is -0.127. The summed E-state index contributed by atoms with van der Waals surface area (Å²) in [6.07, 6.45) is 2.17. The molecule has 1 aromatic heterocycles. The van der Waals surface area contributed by atoms with E-state index in [2.05, 4.69) is 10.2 Å². The molecule has 2 amide bonds. The van der Waals surface area contributed by atoms with Gasteiger partial charge in [-0.2, -0.15) is 0 Å². The first-order chi connectivity index (χ1) is 14.9. The normalized spacial score (nSPS) is 16.9. The first-order valence-electron chi connectivity index (χ1n) is 9.68. The lowest BCUT2D eigenvalue weighted by atomic mass is 10.2. The number of nitrogens with zero attached hydrogens (tertiary/aromatic N) is 4. The number of aromatic nitrogens is 3. The van der Waals surface area contributed by atoms with Gasteiger partial charge in [0.15, 0.2) is 5.82 Å². The van der Waals surface area contributed by atoms with Crippen molar-refractivity contribution in [1.82, 2.24) is 19.8 Å². The van der Waals surface area contributed by atoms with E-state index in [-0.39, 0.29) is 11.8 Å². The maximum absolute atomic E-state index is 13.2. The van der Waals surface area contributed by atoms with Gasteiger partial charge in [0.1, 0.15) is 0 Å². The van der Waals surface area contributed by atoms with Gasteiger partial charge in [0, 0.05) is 27.7 Å². The second kappa shape index (κ2) is 9.30. The summed E-state index contributed by atoms with van der Waals surface area (Å²) in [4.78, 5) is 27.5. The summed E-state index contributed by atoms with van der Waals surface area (Å²) in [5.74, 6) is 6.07. The van der Waals surface area contributed by atoms with Crippen LogP contribution in [0.5, 0.6) is 0 Å². The van der Waals surface area contributed by atoms with Crippen LogP contribution in [0.1, 0.15) is 29.6 Å². The van der Waals surface area contributed by atoms with E-state index in [4.69, 9.17) is 29.0 Å². The summed E-state index contributed by atoms with van der Waals surface area (Å²) in [6, 6.07) is 13.7. The molecule has 0 spiro atoms. The average Bonchev–Trinajstić information content (AvgIpc) is 3.02. The van der Waals surface area contributed by atoms with Crippen LogP contribution >= 0.6 is 35.0 Å². The summed E-state index contributed by atoms with van der Waals surface area (Å²) in [7, 11) is 0. The Hall–Kier alpha value is -2.55. The van der Waals surface area contributed by atoms with Gasteiger partial charge in [-0.1, -0.05) is 53.5 Å². The minimum absolute atomic E-state index is 0.255. The zero-order valence-corrected chi connectivity index (χ0v) is 18.7. The van der Waals surface area contributed by atoms with Gasteiger partial charge in [-0.25, -0.2) is 4.68 Å². The van der Waals surface area contributed by atoms with E-state index >= 15 is 0 Å². The van der Waals surface area contributed by atoms with E-state index in [1.807, 2.05) is 6.07 Å². The number of hydrogen-bond acceptors (Lipinski definition) is 6. The highest BCUT2D eigenvalue weighted by molar-refractivity contribution is 8.00. The number of thioether (sulfide) groups is 1. The van der Waals surface area contributed by atoms with Crippen LogP contribution in [0.4, 0.5) is 0 Å². The first-order valence-corrected chi connectivity index (χ1v) is 11.3. The predicted molar refractivity (Wildman–Crippen MR) is 122 cm³/mol. The summed E-state index contributed by atoms with van der Waals surface area (Å²) in [5, 5.41) is 9.31. The van der Waals surface area contributed by atoms with Gasteiger partial charge in [-0.3, -0.25) is 14.5 Å². The standard InChI is InChI=1S/C21H19Cl2N5O2S/c22-15-9-7-13(8-10-15)19(29)27-11-2-1-6-17(20(27)30)31-21-26-25-18(28(21)24)14-4-3-5-16(23)12-14/h3-5,7-10,12,17H,1-2,6,11,24H2. The Morgan fingerprint density at radius 2 is 1.84 bits per heavy atom. The van der Waals surface area contributed by atoms with Gasteiger partial charge in [0.2, 0.25) is 11.1 Å². The van der Waals surface area contributed by atoms with Crippen LogP contribution in [-0.4, -0.2) is 43.4 Å².